The number of aromatic nitrogens is 3. The number of nitrogens with one attached hydrogen (secondary N) is 3. The van der Waals surface area contributed by atoms with Crippen LogP contribution in [0, 0.1) is 0 Å². The van der Waals surface area contributed by atoms with E-state index in [4.69, 9.17) is 15.2 Å². The maximum Gasteiger partial charge on any atom is 0.229 e. The van der Waals surface area contributed by atoms with Gasteiger partial charge in [0.2, 0.25) is 17.8 Å². The van der Waals surface area contributed by atoms with Gasteiger partial charge in [-0.1, -0.05) is 30.3 Å². The second-order valence-electron chi connectivity index (χ2n) is 6.29. The standard InChI is InChI=1S/C19H31N7O4/c20-6-8-29-10-11-30-9-7-21-17-24-18(22-12-15-4-2-1-3-5-15)26-19(25-17)23-16(13-27)14-28/h1-5,16,27-28H,6-14,20H2,(H3,21,22,23,24,25,26). The minimum Gasteiger partial charge on any atom is -0.394 e. The Kier molecular flexibility index (Phi) is 11.4. The molecule has 0 aliphatic carbocycles. The first-order valence-electron chi connectivity index (χ1n) is 9.86. The van der Waals surface area contributed by atoms with Crippen molar-refractivity contribution >= 4 is 17.8 Å². The molecule has 0 fully saturated rings. The zero-order valence-electron chi connectivity index (χ0n) is 17.0. The molecule has 0 atom stereocenters. The summed E-state index contributed by atoms with van der Waals surface area (Å²) >= 11 is 0. The molecule has 7 N–H and O–H groups in total. The third-order valence-corrected chi connectivity index (χ3v) is 3.87. The molecule has 0 aliphatic heterocycles. The van der Waals surface area contributed by atoms with Crippen molar-refractivity contribution in [3.05, 3.63) is 35.9 Å². The number of nitrogens with two attached hydrogens (primary N) is 1. The second kappa shape index (κ2) is 14.4. The summed E-state index contributed by atoms with van der Waals surface area (Å²) in [7, 11) is 0. The largest absolute Gasteiger partial charge is 0.394 e. The highest BCUT2D eigenvalue weighted by molar-refractivity contribution is 5.43. The zero-order chi connectivity index (χ0) is 21.4. The van der Waals surface area contributed by atoms with E-state index in [9.17, 15) is 10.2 Å². The lowest BCUT2D eigenvalue weighted by Crippen LogP contribution is -2.29. The first-order chi connectivity index (χ1) is 14.7. The number of ether oxygens (including phenoxy) is 2. The highest BCUT2D eigenvalue weighted by atomic mass is 16.5. The quantitative estimate of drug-likeness (QED) is 0.197. The van der Waals surface area contributed by atoms with E-state index in [1.165, 1.54) is 0 Å². The Morgan fingerprint density at radius 3 is 2.13 bits per heavy atom. The van der Waals surface area contributed by atoms with Crippen LogP contribution in [0.3, 0.4) is 0 Å². The molecule has 1 heterocycles. The third kappa shape index (κ3) is 9.29. The maximum absolute atomic E-state index is 9.30. The van der Waals surface area contributed by atoms with E-state index in [1.807, 2.05) is 30.3 Å². The Hall–Kier alpha value is -2.57. The molecular formula is C19H31N7O4. The van der Waals surface area contributed by atoms with E-state index >= 15 is 0 Å². The van der Waals surface area contributed by atoms with Crippen molar-refractivity contribution in [3.63, 3.8) is 0 Å². The molecule has 11 nitrogen and oxygen atoms in total. The molecule has 0 spiro atoms. The van der Waals surface area contributed by atoms with Gasteiger partial charge in [-0.25, -0.2) is 0 Å². The number of aliphatic hydroxyl groups excluding tert-OH is 2. The van der Waals surface area contributed by atoms with Crippen LogP contribution in [-0.2, 0) is 16.0 Å². The lowest BCUT2D eigenvalue weighted by atomic mass is 10.2. The molecule has 166 valence electrons. The summed E-state index contributed by atoms with van der Waals surface area (Å²) in [5.74, 6) is 0.956. The number of aliphatic hydroxyl groups is 2. The van der Waals surface area contributed by atoms with Crippen LogP contribution >= 0.6 is 0 Å². The van der Waals surface area contributed by atoms with Gasteiger partial charge in [-0.3, -0.25) is 0 Å². The predicted molar refractivity (Wildman–Crippen MR) is 114 cm³/mol. The first kappa shape index (κ1) is 23.7. The van der Waals surface area contributed by atoms with Crippen molar-refractivity contribution in [2.24, 2.45) is 5.73 Å². The predicted octanol–water partition coefficient (Wildman–Crippen LogP) is -0.347. The van der Waals surface area contributed by atoms with E-state index in [2.05, 4.69) is 30.9 Å². The van der Waals surface area contributed by atoms with Crippen LogP contribution in [0.25, 0.3) is 0 Å². The van der Waals surface area contributed by atoms with Gasteiger partial charge in [-0.15, -0.1) is 0 Å². The highest BCUT2D eigenvalue weighted by Crippen LogP contribution is 2.11. The molecule has 0 radical (unpaired) electrons. The summed E-state index contributed by atoms with van der Waals surface area (Å²) in [6, 6.07) is 9.28. The number of nitrogens with zero attached hydrogens (tertiary/aromatic N) is 3. The van der Waals surface area contributed by atoms with Crippen LogP contribution in [0.5, 0.6) is 0 Å². The van der Waals surface area contributed by atoms with Crippen LogP contribution < -0.4 is 21.7 Å². The first-order valence-corrected chi connectivity index (χ1v) is 9.86. The molecule has 11 heteroatoms. The average molecular weight is 422 g/mol. The lowest BCUT2D eigenvalue weighted by Gasteiger charge is -2.15. The highest BCUT2D eigenvalue weighted by Gasteiger charge is 2.11. The Balaban J connectivity index is 1.91. The third-order valence-electron chi connectivity index (χ3n) is 3.87. The summed E-state index contributed by atoms with van der Waals surface area (Å²) in [4.78, 5) is 12.9. The molecule has 0 bridgehead atoms. The summed E-state index contributed by atoms with van der Waals surface area (Å²) in [6.07, 6.45) is 0. The van der Waals surface area contributed by atoms with Gasteiger partial charge >= 0.3 is 0 Å². The lowest BCUT2D eigenvalue weighted by molar-refractivity contribution is 0.0547. The molecule has 0 amide bonds. The van der Waals surface area contributed by atoms with Crippen LogP contribution in [0.4, 0.5) is 17.8 Å². The van der Waals surface area contributed by atoms with E-state index in [0.29, 0.717) is 58.0 Å². The van der Waals surface area contributed by atoms with E-state index in [1.54, 1.807) is 0 Å². The minimum absolute atomic E-state index is 0.243. The van der Waals surface area contributed by atoms with Gasteiger partial charge in [-0.05, 0) is 5.56 Å². The molecule has 2 rings (SSSR count). The molecule has 0 saturated carbocycles. The number of rotatable bonds is 16. The fourth-order valence-corrected chi connectivity index (χ4v) is 2.35. The van der Waals surface area contributed by atoms with Gasteiger partial charge in [0.05, 0.1) is 45.7 Å². The number of hydrogen-bond acceptors (Lipinski definition) is 11. The Bertz CT molecular complexity index is 705. The molecule has 30 heavy (non-hydrogen) atoms. The van der Waals surface area contributed by atoms with Gasteiger partial charge in [0.15, 0.2) is 0 Å². The van der Waals surface area contributed by atoms with Crippen LogP contribution in [0.15, 0.2) is 30.3 Å². The van der Waals surface area contributed by atoms with E-state index in [0.717, 1.165) is 5.56 Å². The molecule has 1 aromatic carbocycles. The SMILES string of the molecule is NCCOCCOCCNc1nc(NCc2ccccc2)nc(NC(CO)CO)n1. The maximum atomic E-state index is 9.30. The summed E-state index contributed by atoms with van der Waals surface area (Å²) in [6.45, 7) is 2.95. The van der Waals surface area contributed by atoms with Crippen molar-refractivity contribution in [1.29, 1.82) is 0 Å². The monoisotopic (exact) mass is 421 g/mol. The number of hydrogen-bond donors (Lipinski definition) is 6. The molecule has 2 aromatic rings. The Morgan fingerprint density at radius 1 is 0.833 bits per heavy atom. The summed E-state index contributed by atoms with van der Waals surface area (Å²) in [5.41, 5.74) is 6.43. The van der Waals surface area contributed by atoms with Gasteiger partial charge in [0, 0.05) is 19.6 Å². The Morgan fingerprint density at radius 2 is 1.47 bits per heavy atom. The molecule has 0 saturated heterocycles. The van der Waals surface area contributed by atoms with Crippen LogP contribution in [0.2, 0.25) is 0 Å². The van der Waals surface area contributed by atoms with E-state index in [-0.39, 0.29) is 19.2 Å². The van der Waals surface area contributed by atoms with Gasteiger partial charge < -0.3 is 41.4 Å². The van der Waals surface area contributed by atoms with Crippen molar-refractivity contribution < 1.29 is 19.7 Å². The zero-order valence-corrected chi connectivity index (χ0v) is 17.0. The van der Waals surface area contributed by atoms with Gasteiger partial charge in [-0.2, -0.15) is 15.0 Å². The smallest absolute Gasteiger partial charge is 0.229 e. The summed E-state index contributed by atoms with van der Waals surface area (Å²) < 4.78 is 10.7. The van der Waals surface area contributed by atoms with Gasteiger partial charge in [0.25, 0.3) is 0 Å². The van der Waals surface area contributed by atoms with Crippen LogP contribution in [0.1, 0.15) is 5.56 Å². The molecular weight excluding hydrogens is 390 g/mol. The van der Waals surface area contributed by atoms with Crippen molar-refractivity contribution in [2.75, 3.05) is 68.7 Å². The average Bonchev–Trinajstić information content (AvgIpc) is 2.78. The fourth-order valence-electron chi connectivity index (χ4n) is 2.35. The van der Waals surface area contributed by atoms with Crippen molar-refractivity contribution in [3.8, 4) is 0 Å². The Labute approximate surface area is 176 Å². The molecule has 0 unspecified atom stereocenters. The van der Waals surface area contributed by atoms with E-state index < -0.39 is 6.04 Å². The van der Waals surface area contributed by atoms with Crippen molar-refractivity contribution in [2.45, 2.75) is 12.6 Å². The summed E-state index contributed by atoms with van der Waals surface area (Å²) in [5, 5.41) is 27.7. The molecule has 0 aliphatic rings. The second-order valence-corrected chi connectivity index (χ2v) is 6.29. The normalized spacial score (nSPS) is 10.9. The topological polar surface area (TPSA) is 160 Å². The fraction of sp³-hybridized carbons (Fsp3) is 0.526. The number of anilines is 3. The molecule has 1 aromatic heterocycles. The van der Waals surface area contributed by atoms with Gasteiger partial charge in [0.1, 0.15) is 0 Å². The minimum atomic E-state index is -0.570. The van der Waals surface area contributed by atoms with Crippen LogP contribution in [-0.4, -0.2) is 83.9 Å². The van der Waals surface area contributed by atoms with Crippen molar-refractivity contribution in [1.82, 2.24) is 15.0 Å². The number of benzene rings is 1.